The van der Waals surface area contributed by atoms with Gasteiger partial charge in [-0.05, 0) is 24.7 Å². The van der Waals surface area contributed by atoms with Crippen LogP contribution in [0.15, 0.2) is 0 Å². The van der Waals surface area contributed by atoms with Crippen molar-refractivity contribution in [2.45, 2.75) is 32.2 Å². The summed E-state index contributed by atoms with van der Waals surface area (Å²) in [7, 11) is -2.83. The summed E-state index contributed by atoms with van der Waals surface area (Å²) in [5.74, 6) is 1.88. The van der Waals surface area contributed by atoms with E-state index in [4.69, 9.17) is 5.73 Å². The lowest BCUT2D eigenvalue weighted by molar-refractivity contribution is 0.259. The second-order valence-corrected chi connectivity index (χ2v) is 7.99. The van der Waals surface area contributed by atoms with Crippen LogP contribution in [0.25, 0.3) is 0 Å². The highest BCUT2D eigenvalue weighted by Crippen LogP contribution is 2.35. The van der Waals surface area contributed by atoms with Gasteiger partial charge in [-0.2, -0.15) is 0 Å². The van der Waals surface area contributed by atoms with Gasteiger partial charge in [-0.25, -0.2) is 8.42 Å². The highest BCUT2D eigenvalue weighted by Gasteiger charge is 2.38. The first-order valence-electron chi connectivity index (χ1n) is 6.70. The average Bonchev–Trinajstić information content (AvgIpc) is 2.71. The summed E-state index contributed by atoms with van der Waals surface area (Å²) in [6, 6.07) is 0.335. The number of rotatable bonds is 4. The third-order valence-corrected chi connectivity index (χ3v) is 6.07. The van der Waals surface area contributed by atoms with Crippen molar-refractivity contribution < 1.29 is 8.42 Å². The van der Waals surface area contributed by atoms with Crippen molar-refractivity contribution in [3.8, 4) is 0 Å². The number of hydrogen-bond donors (Lipinski definition) is 1. The first-order valence-corrected chi connectivity index (χ1v) is 8.52. The van der Waals surface area contributed by atoms with Crippen molar-refractivity contribution in [2.75, 3.05) is 31.1 Å². The standard InChI is InChI=1S/C12H24N2O2S/c1-2-17(15,16)7-6-14-8-10-4-3-5-12(13)11(10)9-14/h10-12H,2-9,13H2,1H3. The van der Waals surface area contributed by atoms with E-state index in [1.807, 2.05) is 0 Å². The zero-order chi connectivity index (χ0) is 12.5. The van der Waals surface area contributed by atoms with Crippen molar-refractivity contribution in [1.29, 1.82) is 0 Å². The maximum Gasteiger partial charge on any atom is 0.151 e. The third kappa shape index (κ3) is 3.20. The SMILES string of the molecule is CCS(=O)(=O)CCN1CC2CCCC(N)C2C1. The Bertz CT molecular complexity index is 356. The molecule has 1 heterocycles. The van der Waals surface area contributed by atoms with E-state index in [1.54, 1.807) is 6.92 Å². The molecule has 1 saturated heterocycles. The molecule has 2 N–H and O–H groups in total. The lowest BCUT2D eigenvalue weighted by Gasteiger charge is -2.29. The molecule has 0 spiro atoms. The van der Waals surface area contributed by atoms with Crippen LogP contribution in [0.4, 0.5) is 0 Å². The van der Waals surface area contributed by atoms with E-state index in [0.29, 0.717) is 30.2 Å². The molecule has 4 nitrogen and oxygen atoms in total. The fourth-order valence-electron chi connectivity index (χ4n) is 3.20. The van der Waals surface area contributed by atoms with Crippen LogP contribution >= 0.6 is 0 Å². The summed E-state index contributed by atoms with van der Waals surface area (Å²) in [6.45, 7) is 4.47. The number of hydrogen-bond acceptors (Lipinski definition) is 4. The smallest absolute Gasteiger partial charge is 0.151 e. The molecule has 2 aliphatic rings. The first-order chi connectivity index (χ1) is 8.02. The van der Waals surface area contributed by atoms with Crippen molar-refractivity contribution in [3.05, 3.63) is 0 Å². The summed E-state index contributed by atoms with van der Waals surface area (Å²) in [5.41, 5.74) is 6.15. The van der Waals surface area contributed by atoms with Crippen LogP contribution in [-0.4, -0.2) is 50.5 Å². The molecule has 0 bridgehead atoms. The topological polar surface area (TPSA) is 63.4 Å². The zero-order valence-corrected chi connectivity index (χ0v) is 11.5. The molecule has 0 radical (unpaired) electrons. The molecule has 1 aliphatic heterocycles. The van der Waals surface area contributed by atoms with E-state index in [9.17, 15) is 8.42 Å². The van der Waals surface area contributed by atoms with Crippen LogP contribution in [-0.2, 0) is 9.84 Å². The summed E-state index contributed by atoms with van der Waals surface area (Å²) in [6.07, 6.45) is 3.65. The lowest BCUT2D eigenvalue weighted by atomic mass is 9.78. The van der Waals surface area contributed by atoms with Crippen LogP contribution in [0.2, 0.25) is 0 Å². The maximum atomic E-state index is 11.5. The van der Waals surface area contributed by atoms with E-state index in [1.165, 1.54) is 12.8 Å². The van der Waals surface area contributed by atoms with Gasteiger partial charge in [0.15, 0.2) is 9.84 Å². The number of fused-ring (bicyclic) bond motifs is 1. The molecule has 1 aliphatic carbocycles. The van der Waals surface area contributed by atoms with Crippen LogP contribution in [0.5, 0.6) is 0 Å². The second-order valence-electron chi connectivity index (χ2n) is 5.51. The Morgan fingerprint density at radius 1 is 1.29 bits per heavy atom. The van der Waals surface area contributed by atoms with Crippen molar-refractivity contribution >= 4 is 9.84 Å². The summed E-state index contributed by atoms with van der Waals surface area (Å²) in [4.78, 5) is 2.30. The molecule has 3 unspecified atom stereocenters. The lowest BCUT2D eigenvalue weighted by Crippen LogP contribution is -2.38. The van der Waals surface area contributed by atoms with Gasteiger partial charge in [0.05, 0.1) is 5.75 Å². The minimum atomic E-state index is -2.83. The molecule has 2 rings (SSSR count). The molecular formula is C12H24N2O2S. The van der Waals surface area contributed by atoms with Crippen molar-refractivity contribution in [3.63, 3.8) is 0 Å². The number of nitrogens with zero attached hydrogens (tertiary/aromatic N) is 1. The molecule has 0 aromatic carbocycles. The van der Waals surface area contributed by atoms with Crippen LogP contribution in [0.1, 0.15) is 26.2 Å². The van der Waals surface area contributed by atoms with E-state index in [-0.39, 0.29) is 5.75 Å². The molecule has 2 fully saturated rings. The van der Waals surface area contributed by atoms with Crippen LogP contribution in [0, 0.1) is 11.8 Å². The molecule has 5 heteroatoms. The fourth-order valence-corrected chi connectivity index (χ4v) is 4.03. The number of nitrogens with two attached hydrogens (primary N) is 1. The molecule has 0 aromatic heterocycles. The molecule has 100 valence electrons. The van der Waals surface area contributed by atoms with E-state index >= 15 is 0 Å². The van der Waals surface area contributed by atoms with Gasteiger partial charge in [0.1, 0.15) is 0 Å². The Balaban J connectivity index is 1.85. The van der Waals surface area contributed by atoms with Gasteiger partial charge < -0.3 is 10.6 Å². The highest BCUT2D eigenvalue weighted by atomic mass is 32.2. The van der Waals surface area contributed by atoms with Crippen LogP contribution < -0.4 is 5.73 Å². The highest BCUT2D eigenvalue weighted by molar-refractivity contribution is 7.91. The van der Waals surface area contributed by atoms with E-state index in [2.05, 4.69) is 4.90 Å². The van der Waals surface area contributed by atoms with Crippen LogP contribution in [0.3, 0.4) is 0 Å². The summed E-state index contributed by atoms with van der Waals surface area (Å²) >= 11 is 0. The molecule has 0 aromatic rings. The van der Waals surface area contributed by atoms with Gasteiger partial charge in [-0.3, -0.25) is 0 Å². The monoisotopic (exact) mass is 260 g/mol. The van der Waals surface area contributed by atoms with Gasteiger partial charge in [-0.15, -0.1) is 0 Å². The van der Waals surface area contributed by atoms with Gasteiger partial charge >= 0.3 is 0 Å². The molecule has 3 atom stereocenters. The predicted molar refractivity (Wildman–Crippen MR) is 69.6 cm³/mol. The van der Waals surface area contributed by atoms with Crippen molar-refractivity contribution in [2.24, 2.45) is 17.6 Å². The van der Waals surface area contributed by atoms with Gasteiger partial charge in [0.2, 0.25) is 0 Å². The van der Waals surface area contributed by atoms with E-state index < -0.39 is 9.84 Å². The second kappa shape index (κ2) is 5.24. The Hall–Kier alpha value is -0.130. The number of sulfone groups is 1. The minimum absolute atomic E-state index is 0.257. The third-order valence-electron chi connectivity index (χ3n) is 4.39. The quantitative estimate of drug-likeness (QED) is 0.798. The van der Waals surface area contributed by atoms with Gasteiger partial charge in [0, 0.05) is 31.4 Å². The Labute approximate surface area is 104 Å². The Kier molecular flexibility index (Phi) is 4.10. The fraction of sp³-hybridized carbons (Fsp3) is 1.00. The van der Waals surface area contributed by atoms with Crippen molar-refractivity contribution in [1.82, 2.24) is 4.90 Å². The Morgan fingerprint density at radius 2 is 2.06 bits per heavy atom. The number of likely N-dealkylation sites (tertiary alicyclic amines) is 1. The summed E-state index contributed by atoms with van der Waals surface area (Å²) < 4.78 is 23.0. The average molecular weight is 260 g/mol. The zero-order valence-electron chi connectivity index (χ0n) is 10.6. The minimum Gasteiger partial charge on any atom is -0.327 e. The maximum absolute atomic E-state index is 11.5. The van der Waals surface area contributed by atoms with Gasteiger partial charge in [-0.1, -0.05) is 13.3 Å². The molecule has 1 saturated carbocycles. The first kappa shape index (κ1) is 13.3. The predicted octanol–water partition coefficient (Wildman–Crippen LogP) is 0.480. The normalized spacial score (nSPS) is 34.8. The molecule has 17 heavy (non-hydrogen) atoms. The Morgan fingerprint density at radius 3 is 2.71 bits per heavy atom. The summed E-state index contributed by atoms with van der Waals surface area (Å²) in [5, 5.41) is 0. The van der Waals surface area contributed by atoms with E-state index in [0.717, 1.165) is 19.5 Å². The van der Waals surface area contributed by atoms with Gasteiger partial charge in [0.25, 0.3) is 0 Å². The molecule has 0 amide bonds. The molecular weight excluding hydrogens is 236 g/mol. The largest absolute Gasteiger partial charge is 0.327 e.